The highest BCUT2D eigenvalue weighted by atomic mass is 16.4. The molecule has 4 fully saturated rings. The predicted molar refractivity (Wildman–Crippen MR) is 292 cm³/mol. The van der Waals surface area contributed by atoms with Gasteiger partial charge >= 0.3 is 11.9 Å². The number of aliphatic carboxylic acids is 2. The quantitative estimate of drug-likeness (QED) is 0.0683. The van der Waals surface area contributed by atoms with Crippen molar-refractivity contribution in [1.82, 2.24) is 50.3 Å². The molecule has 75 heavy (non-hydrogen) atoms. The zero-order valence-electron chi connectivity index (χ0n) is 45.0. The maximum Gasteiger partial charge on any atom is 0.305 e. The Bertz CT molecular complexity index is 2660. The van der Waals surface area contributed by atoms with Crippen molar-refractivity contribution in [2.45, 2.75) is 126 Å². The summed E-state index contributed by atoms with van der Waals surface area (Å²) in [4.78, 5) is 60.7. The monoisotopic (exact) mass is 1020 g/mol. The number of nitrogens with one attached hydrogen (secondary N) is 2. The third-order valence-electron chi connectivity index (χ3n) is 15.0. The van der Waals surface area contributed by atoms with Crippen molar-refractivity contribution in [2.24, 2.45) is 11.5 Å². The Labute approximate surface area is 443 Å². The van der Waals surface area contributed by atoms with E-state index >= 15 is 0 Å². The van der Waals surface area contributed by atoms with Crippen molar-refractivity contribution in [1.29, 1.82) is 0 Å². The lowest BCUT2D eigenvalue weighted by atomic mass is 9.81. The summed E-state index contributed by atoms with van der Waals surface area (Å²) < 4.78 is 0. The van der Waals surface area contributed by atoms with E-state index in [1.54, 1.807) is 62.3 Å². The van der Waals surface area contributed by atoms with Crippen LogP contribution in [0.2, 0.25) is 0 Å². The van der Waals surface area contributed by atoms with Gasteiger partial charge < -0.3 is 32.3 Å². The first-order valence-corrected chi connectivity index (χ1v) is 25.5. The highest BCUT2D eigenvalue weighted by molar-refractivity contribution is 5.85. The van der Waals surface area contributed by atoms with E-state index in [4.69, 9.17) is 21.7 Å². The molecule has 0 aliphatic carbocycles. The first-order chi connectivity index (χ1) is 35.5. The number of β-lactam (4-membered cyclic amide) rings is 1. The molecule has 0 bridgehead atoms. The van der Waals surface area contributed by atoms with Crippen molar-refractivity contribution in [3.05, 3.63) is 181 Å². The molecule has 0 spiro atoms. The second-order valence-electron chi connectivity index (χ2n) is 21.1. The summed E-state index contributed by atoms with van der Waals surface area (Å²) in [5.41, 5.74) is 17.5. The number of carbonyl (C=O) groups excluding carboxylic acids is 1. The Morgan fingerprint density at radius 2 is 0.987 bits per heavy atom. The van der Waals surface area contributed by atoms with Gasteiger partial charge in [0.2, 0.25) is 5.91 Å². The van der Waals surface area contributed by atoms with Crippen LogP contribution in [0.4, 0.5) is 0 Å². The first-order valence-electron chi connectivity index (χ1n) is 25.5. The molecule has 0 saturated carbocycles. The number of hydrogen-bond donors (Lipinski definition) is 6. The molecular weight excluding hydrogens is 945 g/mol. The summed E-state index contributed by atoms with van der Waals surface area (Å²) >= 11 is 0. The Balaban J connectivity index is 0.000000167. The molecular formula is C58H78N12O5. The van der Waals surface area contributed by atoms with Gasteiger partial charge in [-0.1, -0.05) is 36.4 Å². The second-order valence-corrected chi connectivity index (χ2v) is 21.1. The van der Waals surface area contributed by atoms with E-state index in [1.165, 1.54) is 55.5 Å². The van der Waals surface area contributed by atoms with Gasteiger partial charge in [-0.15, -0.1) is 0 Å². The summed E-state index contributed by atoms with van der Waals surface area (Å²) in [6.45, 7) is 15.8. The van der Waals surface area contributed by atoms with Gasteiger partial charge in [0.15, 0.2) is 0 Å². The lowest BCUT2D eigenvalue weighted by Gasteiger charge is -2.48. The number of rotatable bonds is 11. The molecule has 0 aromatic carbocycles. The van der Waals surface area contributed by atoms with E-state index in [0.717, 1.165) is 23.2 Å². The van der Waals surface area contributed by atoms with E-state index in [2.05, 4.69) is 103 Å². The Hall–Kier alpha value is -6.89. The molecule has 0 radical (unpaired) electrons. The van der Waals surface area contributed by atoms with Crippen LogP contribution in [-0.2, 0) is 47.6 Å². The number of aromatic nitrogens is 6. The highest BCUT2D eigenvalue weighted by Gasteiger charge is 2.40. The van der Waals surface area contributed by atoms with Gasteiger partial charge in [0.25, 0.3) is 0 Å². The SMILES string of the molecule is CC(N)(CC(=O)O)c1cccnc1.CC(N)(CCC(=O)O)c1cccnc1.CC1(c2cccnc2)CC(=O)N1.CC1(c2cccnc2)CCN1.CN1CCC1(C)c1cccnc1.CN1CCCC1(C)c1cccnc1. The maximum atomic E-state index is 10.8. The molecule has 10 rings (SSSR count). The van der Waals surface area contributed by atoms with Crippen LogP contribution >= 0.6 is 0 Å². The average molecular weight is 1020 g/mol. The minimum atomic E-state index is -0.908. The summed E-state index contributed by atoms with van der Waals surface area (Å²) in [7, 11) is 4.36. The van der Waals surface area contributed by atoms with E-state index in [-0.39, 0.29) is 40.9 Å². The number of pyridine rings is 6. The molecule has 6 unspecified atom stereocenters. The van der Waals surface area contributed by atoms with Crippen molar-refractivity contribution in [3.8, 4) is 0 Å². The fourth-order valence-corrected chi connectivity index (χ4v) is 9.10. The third kappa shape index (κ3) is 16.6. The molecule has 4 saturated heterocycles. The van der Waals surface area contributed by atoms with Crippen LogP contribution in [-0.4, -0.2) is 101 Å². The Morgan fingerprint density at radius 3 is 1.29 bits per heavy atom. The number of carboxylic acid groups (broad SMARTS) is 2. The normalized spacial score (nSPS) is 23.9. The van der Waals surface area contributed by atoms with Gasteiger partial charge in [0.1, 0.15) is 0 Å². The number of nitrogens with zero attached hydrogens (tertiary/aromatic N) is 8. The van der Waals surface area contributed by atoms with Crippen LogP contribution in [0.15, 0.2) is 147 Å². The van der Waals surface area contributed by atoms with Crippen LogP contribution in [0.5, 0.6) is 0 Å². The highest BCUT2D eigenvalue weighted by Crippen LogP contribution is 2.38. The van der Waals surface area contributed by atoms with E-state index in [1.807, 2.05) is 87.4 Å². The van der Waals surface area contributed by atoms with Crippen molar-refractivity contribution in [3.63, 3.8) is 0 Å². The zero-order valence-corrected chi connectivity index (χ0v) is 45.0. The minimum absolute atomic E-state index is 0.0713. The smallest absolute Gasteiger partial charge is 0.305 e. The lowest BCUT2D eigenvalue weighted by molar-refractivity contribution is -0.139. The standard InChI is InChI=1S/C11H16N2.C10H14N2O2.C10H14N2.C9H12N2O2.C9H10N2O.C9H12N2/c1-11(6-4-8-13(11)2)10-5-3-7-12-9-10;1-10(11,5-4-9(13)14)8-3-2-6-12-7-8;1-10(5-7-12(10)2)9-4-3-6-11-8-9;1-9(10,5-8(12)13)7-3-2-4-11-6-7;1-9(5-8(12)11-9)7-3-2-4-10-6-7;1-9(4-6-11-9)8-3-2-5-10-7-8/h3,5,7,9H,4,6,8H2,1-2H3;2-3,6-7H,4-5,11H2,1H3,(H,13,14);3-4,6,8H,5,7H2,1-2H3;2-4,6H,5,10H2,1H3,(H,12,13);2-4,6H,5H2,1H3,(H,11,12);2-3,5,7,11H,4,6H2,1H3. The molecule has 4 aliphatic rings. The van der Waals surface area contributed by atoms with Gasteiger partial charge in [-0.25, -0.2) is 0 Å². The summed E-state index contributed by atoms with van der Waals surface area (Å²) in [5.74, 6) is -1.62. The lowest BCUT2D eigenvalue weighted by Crippen LogP contribution is -2.56. The molecule has 4 aliphatic heterocycles. The van der Waals surface area contributed by atoms with Crippen LogP contribution in [0.3, 0.4) is 0 Å². The fourth-order valence-electron chi connectivity index (χ4n) is 9.10. The maximum absolute atomic E-state index is 10.8. The van der Waals surface area contributed by atoms with Gasteiger partial charge in [-0.3, -0.25) is 54.1 Å². The van der Waals surface area contributed by atoms with E-state index in [0.29, 0.717) is 12.8 Å². The molecule has 6 aromatic heterocycles. The molecule has 6 aromatic rings. The average Bonchev–Trinajstić information content (AvgIpc) is 3.76. The van der Waals surface area contributed by atoms with Crippen molar-refractivity contribution in [2.75, 3.05) is 33.7 Å². The van der Waals surface area contributed by atoms with Gasteiger partial charge in [-0.2, -0.15) is 0 Å². The molecule has 8 N–H and O–H groups in total. The topological polar surface area (TPSA) is 252 Å². The zero-order chi connectivity index (χ0) is 54.8. The first kappa shape index (κ1) is 59.0. The number of nitrogens with two attached hydrogens (primary N) is 2. The van der Waals surface area contributed by atoms with Crippen LogP contribution in [0.1, 0.15) is 126 Å². The molecule has 17 heteroatoms. The molecule has 400 valence electrons. The summed E-state index contributed by atoms with van der Waals surface area (Å²) in [6, 6.07) is 23.5. The molecule has 10 heterocycles. The number of carbonyl (C=O) groups is 3. The van der Waals surface area contributed by atoms with E-state index in [9.17, 15) is 14.4 Å². The molecule has 1 amide bonds. The summed E-state index contributed by atoms with van der Waals surface area (Å²) in [5, 5.41) is 23.4. The molecule has 6 atom stereocenters. The van der Waals surface area contributed by atoms with Crippen LogP contribution in [0, 0.1) is 0 Å². The minimum Gasteiger partial charge on any atom is -0.481 e. The number of likely N-dealkylation sites (tertiary alicyclic amines) is 2. The van der Waals surface area contributed by atoms with Gasteiger partial charge in [-0.05, 0) is 171 Å². The third-order valence-corrected chi connectivity index (χ3v) is 15.0. The predicted octanol–water partition coefficient (Wildman–Crippen LogP) is 7.61. The number of hydrogen-bond acceptors (Lipinski definition) is 14. The van der Waals surface area contributed by atoms with Crippen molar-refractivity contribution >= 4 is 17.8 Å². The second kappa shape index (κ2) is 26.5. The van der Waals surface area contributed by atoms with Crippen molar-refractivity contribution < 1.29 is 24.6 Å². The van der Waals surface area contributed by atoms with E-state index < -0.39 is 23.0 Å². The van der Waals surface area contributed by atoms with Gasteiger partial charge in [0.05, 0.1) is 23.9 Å². The largest absolute Gasteiger partial charge is 0.481 e. The number of carboxylic acids is 2. The number of amides is 1. The summed E-state index contributed by atoms with van der Waals surface area (Å²) in [6.07, 6.45) is 27.4. The van der Waals surface area contributed by atoms with Crippen LogP contribution in [0.25, 0.3) is 0 Å². The fraction of sp³-hybridized carbons (Fsp3) is 0.431. The Morgan fingerprint density at radius 1 is 0.587 bits per heavy atom. The Kier molecular flexibility index (Phi) is 20.9. The van der Waals surface area contributed by atoms with Crippen LogP contribution < -0.4 is 22.1 Å². The van der Waals surface area contributed by atoms with Gasteiger partial charge in [0, 0.05) is 109 Å². The molecule has 17 nitrogen and oxygen atoms in total.